The third-order valence-electron chi connectivity index (χ3n) is 3.80. The Morgan fingerprint density at radius 1 is 1.32 bits per heavy atom. The summed E-state index contributed by atoms with van der Waals surface area (Å²) < 4.78 is 1.01. The first kappa shape index (κ1) is 14.8. The number of piperidine rings is 1. The van der Waals surface area contributed by atoms with Gasteiger partial charge in [-0.1, -0.05) is 6.07 Å². The van der Waals surface area contributed by atoms with Gasteiger partial charge >= 0.3 is 0 Å². The molecule has 0 unspecified atom stereocenters. The van der Waals surface area contributed by atoms with Crippen LogP contribution in [0.15, 0.2) is 22.7 Å². The summed E-state index contributed by atoms with van der Waals surface area (Å²) in [6.45, 7) is 4.68. The highest BCUT2D eigenvalue weighted by molar-refractivity contribution is 9.10. The molecule has 0 aromatic heterocycles. The largest absolute Gasteiger partial charge is 0.398 e. The molecular formula is C15H24BrN3. The number of hydrogen-bond donors (Lipinski definition) is 1. The van der Waals surface area contributed by atoms with Gasteiger partial charge in [0.25, 0.3) is 0 Å². The predicted octanol–water partition coefficient (Wildman–Crippen LogP) is 2.80. The molecule has 1 aromatic carbocycles. The summed E-state index contributed by atoms with van der Waals surface area (Å²) in [5.41, 5.74) is 7.97. The van der Waals surface area contributed by atoms with Crippen molar-refractivity contribution in [3.05, 3.63) is 28.2 Å². The summed E-state index contributed by atoms with van der Waals surface area (Å²) in [7, 11) is 4.33. The van der Waals surface area contributed by atoms with Crippen LogP contribution in [0.1, 0.15) is 18.4 Å². The molecule has 1 aromatic rings. The van der Waals surface area contributed by atoms with Crippen molar-refractivity contribution in [2.45, 2.75) is 19.4 Å². The SMILES string of the molecule is CN(C)CC1CCN(Cc2ccc(N)c(Br)c2)CC1. The van der Waals surface area contributed by atoms with Gasteiger partial charge in [0.15, 0.2) is 0 Å². The zero-order chi connectivity index (χ0) is 13.8. The van der Waals surface area contributed by atoms with E-state index < -0.39 is 0 Å². The quantitative estimate of drug-likeness (QED) is 0.864. The molecule has 3 nitrogen and oxygen atoms in total. The molecule has 19 heavy (non-hydrogen) atoms. The molecule has 0 radical (unpaired) electrons. The van der Waals surface area contributed by atoms with Crippen LogP contribution in [0.2, 0.25) is 0 Å². The summed E-state index contributed by atoms with van der Waals surface area (Å²) in [6, 6.07) is 6.26. The molecule has 0 amide bonds. The van der Waals surface area contributed by atoms with E-state index in [4.69, 9.17) is 5.73 Å². The van der Waals surface area contributed by atoms with Crippen molar-refractivity contribution in [3.8, 4) is 0 Å². The van der Waals surface area contributed by atoms with Crippen LogP contribution in [-0.4, -0.2) is 43.5 Å². The number of nitrogens with two attached hydrogens (primary N) is 1. The topological polar surface area (TPSA) is 32.5 Å². The van der Waals surface area contributed by atoms with Crippen LogP contribution in [0.5, 0.6) is 0 Å². The van der Waals surface area contributed by atoms with Gasteiger partial charge in [-0.25, -0.2) is 0 Å². The van der Waals surface area contributed by atoms with Gasteiger partial charge in [-0.2, -0.15) is 0 Å². The lowest BCUT2D eigenvalue weighted by atomic mass is 9.96. The fourth-order valence-corrected chi connectivity index (χ4v) is 3.20. The van der Waals surface area contributed by atoms with Gasteiger partial charge in [-0.05, 0) is 79.6 Å². The molecule has 0 bridgehead atoms. The Morgan fingerprint density at radius 2 is 2.00 bits per heavy atom. The third-order valence-corrected chi connectivity index (χ3v) is 4.49. The molecule has 0 spiro atoms. The van der Waals surface area contributed by atoms with Gasteiger partial charge in [-0.15, -0.1) is 0 Å². The first-order valence-electron chi connectivity index (χ1n) is 6.95. The minimum Gasteiger partial charge on any atom is -0.398 e. The molecule has 106 valence electrons. The van der Waals surface area contributed by atoms with Gasteiger partial charge in [0.05, 0.1) is 0 Å². The van der Waals surface area contributed by atoms with Gasteiger partial charge in [0.2, 0.25) is 0 Å². The summed E-state index contributed by atoms with van der Waals surface area (Å²) in [4.78, 5) is 4.85. The first-order valence-corrected chi connectivity index (χ1v) is 7.75. The number of nitrogen functional groups attached to an aromatic ring is 1. The highest BCUT2D eigenvalue weighted by atomic mass is 79.9. The molecule has 0 saturated carbocycles. The Kier molecular flexibility index (Phi) is 5.25. The zero-order valence-corrected chi connectivity index (χ0v) is 13.5. The molecule has 1 heterocycles. The minimum atomic E-state index is 0.813. The maximum atomic E-state index is 5.82. The fourth-order valence-electron chi connectivity index (χ4n) is 2.77. The lowest BCUT2D eigenvalue weighted by Crippen LogP contribution is -2.36. The second kappa shape index (κ2) is 6.73. The van der Waals surface area contributed by atoms with Crippen molar-refractivity contribution in [1.82, 2.24) is 9.80 Å². The molecule has 2 rings (SSSR count). The van der Waals surface area contributed by atoms with E-state index in [0.29, 0.717) is 0 Å². The van der Waals surface area contributed by atoms with Crippen LogP contribution in [-0.2, 0) is 6.54 Å². The van der Waals surface area contributed by atoms with Crippen molar-refractivity contribution in [2.75, 3.05) is 39.5 Å². The Hall–Kier alpha value is -0.580. The summed E-state index contributed by atoms with van der Waals surface area (Å²) >= 11 is 3.50. The number of likely N-dealkylation sites (tertiary alicyclic amines) is 1. The molecule has 2 N–H and O–H groups in total. The smallest absolute Gasteiger partial charge is 0.0458 e. The van der Waals surface area contributed by atoms with E-state index in [1.807, 2.05) is 6.07 Å². The van der Waals surface area contributed by atoms with Crippen LogP contribution >= 0.6 is 15.9 Å². The van der Waals surface area contributed by atoms with Crippen molar-refractivity contribution in [1.29, 1.82) is 0 Å². The minimum absolute atomic E-state index is 0.813. The van der Waals surface area contributed by atoms with Crippen LogP contribution < -0.4 is 5.73 Å². The summed E-state index contributed by atoms with van der Waals surface area (Å²) in [5.74, 6) is 0.865. The van der Waals surface area contributed by atoms with E-state index in [2.05, 4.69) is 52.0 Å². The van der Waals surface area contributed by atoms with Crippen molar-refractivity contribution >= 4 is 21.6 Å². The van der Waals surface area contributed by atoms with Crippen molar-refractivity contribution in [2.24, 2.45) is 5.92 Å². The molecule has 1 aliphatic rings. The number of halogens is 1. The molecule has 4 heteroatoms. The molecule has 1 saturated heterocycles. The number of benzene rings is 1. The normalized spacial score (nSPS) is 18.1. The Morgan fingerprint density at radius 3 is 2.58 bits per heavy atom. The number of nitrogens with zero attached hydrogens (tertiary/aromatic N) is 2. The molecule has 1 fully saturated rings. The Balaban J connectivity index is 1.83. The van der Waals surface area contributed by atoms with Crippen LogP contribution in [0.3, 0.4) is 0 Å². The number of hydrogen-bond acceptors (Lipinski definition) is 3. The Bertz CT molecular complexity index is 412. The summed E-state index contributed by atoms with van der Waals surface area (Å²) in [6.07, 6.45) is 2.63. The van der Waals surface area contributed by atoms with E-state index in [-0.39, 0.29) is 0 Å². The van der Waals surface area contributed by atoms with Gasteiger partial charge in [-0.3, -0.25) is 4.90 Å². The van der Waals surface area contributed by atoms with Gasteiger partial charge in [0, 0.05) is 23.2 Å². The maximum Gasteiger partial charge on any atom is 0.0458 e. The monoisotopic (exact) mass is 325 g/mol. The van der Waals surface area contributed by atoms with E-state index in [1.54, 1.807) is 0 Å². The Labute approximate surface area is 124 Å². The second-order valence-corrected chi connectivity index (χ2v) is 6.69. The van der Waals surface area contributed by atoms with E-state index >= 15 is 0 Å². The number of rotatable bonds is 4. The third kappa shape index (κ3) is 4.48. The molecule has 0 aliphatic carbocycles. The van der Waals surface area contributed by atoms with Gasteiger partial charge < -0.3 is 10.6 Å². The average Bonchev–Trinajstić information content (AvgIpc) is 2.36. The molecule has 0 atom stereocenters. The maximum absolute atomic E-state index is 5.82. The second-order valence-electron chi connectivity index (χ2n) is 5.84. The van der Waals surface area contributed by atoms with E-state index in [0.717, 1.165) is 22.6 Å². The van der Waals surface area contributed by atoms with Crippen LogP contribution in [0.25, 0.3) is 0 Å². The highest BCUT2D eigenvalue weighted by Crippen LogP contribution is 2.23. The zero-order valence-electron chi connectivity index (χ0n) is 11.9. The highest BCUT2D eigenvalue weighted by Gasteiger charge is 2.19. The number of anilines is 1. The standard InChI is InChI=1S/C15H24BrN3/c1-18(2)10-12-5-7-19(8-6-12)11-13-3-4-15(17)14(16)9-13/h3-4,9,12H,5-8,10-11,17H2,1-2H3. The van der Waals surface area contributed by atoms with Crippen molar-refractivity contribution in [3.63, 3.8) is 0 Å². The van der Waals surface area contributed by atoms with Crippen molar-refractivity contribution < 1.29 is 0 Å². The van der Waals surface area contributed by atoms with Gasteiger partial charge in [0.1, 0.15) is 0 Å². The summed E-state index contributed by atoms with van der Waals surface area (Å²) in [5, 5.41) is 0. The van der Waals surface area contributed by atoms with E-state index in [1.165, 1.54) is 38.0 Å². The van der Waals surface area contributed by atoms with Crippen LogP contribution in [0.4, 0.5) is 5.69 Å². The molecular weight excluding hydrogens is 302 g/mol. The van der Waals surface area contributed by atoms with E-state index in [9.17, 15) is 0 Å². The first-order chi connectivity index (χ1) is 9.04. The average molecular weight is 326 g/mol. The predicted molar refractivity (Wildman–Crippen MR) is 85.1 cm³/mol. The lowest BCUT2D eigenvalue weighted by Gasteiger charge is -2.33. The lowest BCUT2D eigenvalue weighted by molar-refractivity contribution is 0.157. The molecule has 1 aliphatic heterocycles. The fraction of sp³-hybridized carbons (Fsp3) is 0.600. The van der Waals surface area contributed by atoms with Crippen LogP contribution in [0, 0.1) is 5.92 Å².